The molecule has 0 heterocycles. The van der Waals surface area contributed by atoms with Gasteiger partial charge in [0.2, 0.25) is 0 Å². The molecule has 2 unspecified atom stereocenters. The Morgan fingerprint density at radius 1 is 0.714 bits per heavy atom. The molecule has 0 saturated heterocycles. The predicted molar refractivity (Wildman–Crippen MR) is 80.5 cm³/mol. The predicted octanol–water partition coefficient (Wildman–Crippen LogP) is 2.86. The second kappa shape index (κ2) is 7.11. The second-order valence-corrected chi connectivity index (χ2v) is 4.81. The third kappa shape index (κ3) is 3.97. The van der Waals surface area contributed by atoms with Crippen LogP contribution in [0.15, 0.2) is 48.5 Å². The van der Waals surface area contributed by atoms with Crippen molar-refractivity contribution >= 4 is 0 Å². The molecule has 2 N–H and O–H groups in total. The van der Waals surface area contributed by atoms with Crippen LogP contribution in [-0.4, -0.2) is 24.4 Å². The second-order valence-electron chi connectivity index (χ2n) is 4.81. The first-order chi connectivity index (χ1) is 10.1. The van der Waals surface area contributed by atoms with Crippen LogP contribution in [0, 0.1) is 0 Å². The molecule has 0 bridgehead atoms. The molecule has 2 atom stereocenters. The Morgan fingerprint density at radius 2 is 1.05 bits per heavy atom. The highest BCUT2D eigenvalue weighted by atomic mass is 16.5. The summed E-state index contributed by atoms with van der Waals surface area (Å²) in [5.41, 5.74) is 1.51. The van der Waals surface area contributed by atoms with Gasteiger partial charge in [-0.3, -0.25) is 0 Å². The molecule has 0 saturated carbocycles. The summed E-state index contributed by atoms with van der Waals surface area (Å²) in [6.07, 6.45) is -1.22. The molecule has 0 fully saturated rings. The van der Waals surface area contributed by atoms with Gasteiger partial charge >= 0.3 is 0 Å². The zero-order valence-corrected chi connectivity index (χ0v) is 12.2. The standard InChI is InChI=1S/C17H20O4/c1-20-14-7-3-12(4-8-14)16(18)11-17(19)13-5-9-15(21-2)10-6-13/h3-10,16-19H,11H2,1-2H3. The number of methoxy groups -OCH3 is 2. The van der Waals surface area contributed by atoms with E-state index in [9.17, 15) is 10.2 Å². The quantitative estimate of drug-likeness (QED) is 0.858. The minimum atomic E-state index is -0.729. The monoisotopic (exact) mass is 288 g/mol. The fourth-order valence-electron chi connectivity index (χ4n) is 2.14. The summed E-state index contributed by atoms with van der Waals surface area (Å²) in [6.45, 7) is 0. The molecule has 4 nitrogen and oxygen atoms in total. The Kier molecular flexibility index (Phi) is 5.20. The summed E-state index contributed by atoms with van der Waals surface area (Å²) >= 11 is 0. The maximum atomic E-state index is 10.2. The van der Waals surface area contributed by atoms with Gasteiger partial charge in [-0.05, 0) is 35.4 Å². The van der Waals surface area contributed by atoms with E-state index in [1.165, 1.54) is 0 Å². The van der Waals surface area contributed by atoms with Gasteiger partial charge in [0.25, 0.3) is 0 Å². The van der Waals surface area contributed by atoms with Crippen LogP contribution in [0.4, 0.5) is 0 Å². The van der Waals surface area contributed by atoms with Crippen LogP contribution in [0.25, 0.3) is 0 Å². The summed E-state index contributed by atoms with van der Waals surface area (Å²) < 4.78 is 10.2. The van der Waals surface area contributed by atoms with E-state index in [0.29, 0.717) is 0 Å². The fourth-order valence-corrected chi connectivity index (χ4v) is 2.14. The molecule has 0 aliphatic rings. The third-order valence-electron chi connectivity index (χ3n) is 3.45. The van der Waals surface area contributed by atoms with Crippen molar-refractivity contribution in [2.24, 2.45) is 0 Å². The number of aliphatic hydroxyl groups excluding tert-OH is 2. The van der Waals surface area contributed by atoms with Crippen molar-refractivity contribution in [1.82, 2.24) is 0 Å². The summed E-state index contributed by atoms with van der Waals surface area (Å²) in [5.74, 6) is 1.48. The lowest BCUT2D eigenvalue weighted by atomic mass is 9.99. The minimum Gasteiger partial charge on any atom is -0.497 e. The van der Waals surface area contributed by atoms with Gasteiger partial charge < -0.3 is 19.7 Å². The third-order valence-corrected chi connectivity index (χ3v) is 3.45. The van der Waals surface area contributed by atoms with Crippen LogP contribution >= 0.6 is 0 Å². The van der Waals surface area contributed by atoms with Crippen molar-refractivity contribution in [2.75, 3.05) is 14.2 Å². The van der Waals surface area contributed by atoms with Crippen molar-refractivity contribution in [3.63, 3.8) is 0 Å². The van der Waals surface area contributed by atoms with E-state index < -0.39 is 12.2 Å². The van der Waals surface area contributed by atoms with E-state index in [2.05, 4.69) is 0 Å². The lowest BCUT2D eigenvalue weighted by molar-refractivity contribution is 0.0804. The van der Waals surface area contributed by atoms with Crippen molar-refractivity contribution in [2.45, 2.75) is 18.6 Å². The molecule has 0 amide bonds. The smallest absolute Gasteiger partial charge is 0.118 e. The first-order valence-electron chi connectivity index (χ1n) is 6.78. The summed E-state index contributed by atoms with van der Waals surface area (Å²) in [5, 5.41) is 20.4. The molecule has 0 aliphatic heterocycles. The Labute approximate surface area is 124 Å². The zero-order chi connectivity index (χ0) is 15.2. The molecule has 21 heavy (non-hydrogen) atoms. The van der Waals surface area contributed by atoms with Crippen LogP contribution in [0.2, 0.25) is 0 Å². The highest BCUT2D eigenvalue weighted by Gasteiger charge is 2.15. The van der Waals surface area contributed by atoms with Gasteiger partial charge in [-0.1, -0.05) is 24.3 Å². The van der Waals surface area contributed by atoms with Crippen molar-refractivity contribution in [1.29, 1.82) is 0 Å². The SMILES string of the molecule is COc1ccc(C(O)CC(O)c2ccc(OC)cc2)cc1. The Bertz CT molecular complexity index is 497. The number of aliphatic hydroxyl groups is 2. The highest BCUT2D eigenvalue weighted by Crippen LogP contribution is 2.28. The summed E-state index contributed by atoms with van der Waals surface area (Å²) in [4.78, 5) is 0. The van der Waals surface area contributed by atoms with Gasteiger partial charge in [-0.25, -0.2) is 0 Å². The van der Waals surface area contributed by atoms with Crippen LogP contribution in [0.3, 0.4) is 0 Å². The van der Waals surface area contributed by atoms with Crippen LogP contribution < -0.4 is 9.47 Å². The normalized spacial score (nSPS) is 13.5. The first-order valence-corrected chi connectivity index (χ1v) is 6.78. The minimum absolute atomic E-state index is 0.235. The molecular weight excluding hydrogens is 268 g/mol. The Balaban J connectivity index is 2.01. The lowest BCUT2D eigenvalue weighted by Gasteiger charge is -2.17. The summed E-state index contributed by atoms with van der Waals surface area (Å²) in [7, 11) is 3.19. The van der Waals surface area contributed by atoms with Crippen LogP contribution in [0.5, 0.6) is 11.5 Å². The van der Waals surface area contributed by atoms with E-state index in [-0.39, 0.29) is 6.42 Å². The Morgan fingerprint density at radius 3 is 1.33 bits per heavy atom. The number of ether oxygens (including phenoxy) is 2. The van der Waals surface area contributed by atoms with Gasteiger partial charge in [0.05, 0.1) is 26.4 Å². The summed E-state index contributed by atoms with van der Waals surface area (Å²) in [6, 6.07) is 14.3. The average Bonchev–Trinajstić information content (AvgIpc) is 2.55. The number of hydrogen-bond acceptors (Lipinski definition) is 4. The van der Waals surface area contributed by atoms with E-state index >= 15 is 0 Å². The van der Waals surface area contributed by atoms with Gasteiger partial charge in [0, 0.05) is 6.42 Å². The molecule has 0 spiro atoms. The van der Waals surface area contributed by atoms with E-state index in [1.54, 1.807) is 62.8 Å². The Hall–Kier alpha value is -2.04. The average molecular weight is 288 g/mol. The van der Waals surface area contributed by atoms with Crippen molar-refractivity contribution in [3.8, 4) is 11.5 Å². The molecule has 2 aromatic rings. The molecule has 112 valence electrons. The maximum Gasteiger partial charge on any atom is 0.118 e. The van der Waals surface area contributed by atoms with E-state index in [1.807, 2.05) is 0 Å². The van der Waals surface area contributed by atoms with Gasteiger partial charge in [0.1, 0.15) is 11.5 Å². The van der Waals surface area contributed by atoms with E-state index in [4.69, 9.17) is 9.47 Å². The lowest BCUT2D eigenvalue weighted by Crippen LogP contribution is -2.05. The molecular formula is C17H20O4. The molecule has 2 rings (SSSR count). The topological polar surface area (TPSA) is 58.9 Å². The number of benzene rings is 2. The van der Waals surface area contributed by atoms with Gasteiger partial charge in [-0.15, -0.1) is 0 Å². The van der Waals surface area contributed by atoms with Gasteiger partial charge in [-0.2, -0.15) is 0 Å². The largest absolute Gasteiger partial charge is 0.497 e. The maximum absolute atomic E-state index is 10.2. The van der Waals surface area contributed by atoms with Crippen LogP contribution in [-0.2, 0) is 0 Å². The number of hydrogen-bond donors (Lipinski definition) is 2. The molecule has 2 aromatic carbocycles. The zero-order valence-electron chi connectivity index (χ0n) is 12.2. The highest BCUT2D eigenvalue weighted by molar-refractivity contribution is 5.30. The molecule has 0 aromatic heterocycles. The van der Waals surface area contributed by atoms with Crippen molar-refractivity contribution in [3.05, 3.63) is 59.7 Å². The molecule has 0 radical (unpaired) electrons. The van der Waals surface area contributed by atoms with Crippen LogP contribution in [0.1, 0.15) is 29.8 Å². The van der Waals surface area contributed by atoms with Crippen molar-refractivity contribution < 1.29 is 19.7 Å². The first kappa shape index (κ1) is 15.4. The molecule has 0 aliphatic carbocycles. The van der Waals surface area contributed by atoms with Gasteiger partial charge in [0.15, 0.2) is 0 Å². The van der Waals surface area contributed by atoms with E-state index in [0.717, 1.165) is 22.6 Å². The number of rotatable bonds is 6. The molecule has 4 heteroatoms. The fraction of sp³-hybridized carbons (Fsp3) is 0.294.